The summed E-state index contributed by atoms with van der Waals surface area (Å²) in [6, 6.07) is 14.0. The van der Waals surface area contributed by atoms with Crippen LogP contribution < -0.4 is 26.2 Å². The molecule has 9 nitrogen and oxygen atoms in total. The second-order valence-electron chi connectivity index (χ2n) is 9.24. The number of para-hydroxylation sites is 1. The lowest BCUT2D eigenvalue weighted by Crippen LogP contribution is -2.37. The Morgan fingerprint density at radius 1 is 1.11 bits per heavy atom. The Kier molecular flexibility index (Phi) is 8.60. The maximum Gasteiger partial charge on any atom is 0.295 e. The van der Waals surface area contributed by atoms with Crippen molar-refractivity contribution in [2.75, 3.05) is 26.0 Å². The minimum atomic E-state index is -0.595. The zero-order chi connectivity index (χ0) is 26.5. The summed E-state index contributed by atoms with van der Waals surface area (Å²) in [5.74, 6) is -0.272. The van der Waals surface area contributed by atoms with Crippen molar-refractivity contribution in [2.24, 2.45) is 12.5 Å². The third-order valence-electron chi connectivity index (χ3n) is 5.77. The fraction of sp³-hybridized carbons (Fsp3) is 0.346. The number of hydrogen-bond acceptors (Lipinski definition) is 5. The fourth-order valence-corrected chi connectivity index (χ4v) is 4.13. The second-order valence-corrected chi connectivity index (χ2v) is 9.68. The SMILES string of the molecule is CNCc1c(NC(=O)CC(C)(C)CNC(=O)c2cc(Cl)ccc2OC)c(=O)n(-c2ccccc2)n1C. The number of anilines is 1. The highest BCUT2D eigenvalue weighted by atomic mass is 35.5. The van der Waals surface area contributed by atoms with Crippen molar-refractivity contribution >= 4 is 29.1 Å². The Morgan fingerprint density at radius 2 is 1.81 bits per heavy atom. The van der Waals surface area contributed by atoms with Gasteiger partial charge in [0.2, 0.25) is 5.91 Å². The van der Waals surface area contributed by atoms with Crippen LogP contribution in [0, 0.1) is 5.41 Å². The highest BCUT2D eigenvalue weighted by molar-refractivity contribution is 6.31. The van der Waals surface area contributed by atoms with Crippen molar-refractivity contribution in [1.29, 1.82) is 0 Å². The second kappa shape index (κ2) is 11.5. The molecule has 0 spiro atoms. The van der Waals surface area contributed by atoms with Gasteiger partial charge in [-0.1, -0.05) is 43.6 Å². The van der Waals surface area contributed by atoms with Crippen LogP contribution >= 0.6 is 11.6 Å². The van der Waals surface area contributed by atoms with Crippen molar-refractivity contribution in [2.45, 2.75) is 26.8 Å². The number of ether oxygens (including phenoxy) is 1. The molecule has 0 aliphatic rings. The fourth-order valence-electron chi connectivity index (χ4n) is 3.96. The quantitative estimate of drug-likeness (QED) is 0.385. The van der Waals surface area contributed by atoms with Gasteiger partial charge in [-0.3, -0.25) is 19.1 Å². The number of nitrogens with zero attached hydrogens (tertiary/aromatic N) is 2. The molecule has 0 fully saturated rings. The first kappa shape index (κ1) is 27.0. The van der Waals surface area contributed by atoms with E-state index in [0.717, 1.165) is 0 Å². The van der Waals surface area contributed by atoms with Crippen LogP contribution in [0.15, 0.2) is 53.3 Å². The van der Waals surface area contributed by atoms with Crippen LogP contribution in [-0.4, -0.2) is 41.9 Å². The Balaban J connectivity index is 1.74. The summed E-state index contributed by atoms with van der Waals surface area (Å²) < 4.78 is 8.50. The Morgan fingerprint density at radius 3 is 2.44 bits per heavy atom. The summed E-state index contributed by atoms with van der Waals surface area (Å²) in [5.41, 5.74) is 0.974. The number of carbonyl (C=O) groups is 2. The molecule has 0 radical (unpaired) electrons. The van der Waals surface area contributed by atoms with Gasteiger partial charge in [0, 0.05) is 31.6 Å². The van der Waals surface area contributed by atoms with Gasteiger partial charge in [0.1, 0.15) is 11.4 Å². The van der Waals surface area contributed by atoms with Gasteiger partial charge in [0.25, 0.3) is 11.5 Å². The standard InChI is InChI=1S/C26H32ClN5O4/c1-26(2,16-29-24(34)19-13-17(27)11-12-21(19)36-5)14-22(33)30-23-20(15-28-3)31(4)32(25(23)35)18-9-7-6-8-10-18/h6-13,28H,14-16H2,1-5H3,(H,29,34)(H,30,33). The Hall–Kier alpha value is -3.56. The molecule has 0 bridgehead atoms. The van der Waals surface area contributed by atoms with Gasteiger partial charge in [0.15, 0.2) is 0 Å². The summed E-state index contributed by atoms with van der Waals surface area (Å²) in [6.45, 7) is 4.34. The summed E-state index contributed by atoms with van der Waals surface area (Å²) in [4.78, 5) is 39.0. The van der Waals surface area contributed by atoms with Crippen LogP contribution in [0.25, 0.3) is 5.69 Å². The van der Waals surface area contributed by atoms with Gasteiger partial charge in [-0.05, 0) is 42.8 Å². The maximum atomic E-state index is 13.3. The predicted molar refractivity (Wildman–Crippen MR) is 141 cm³/mol. The Labute approximate surface area is 215 Å². The summed E-state index contributed by atoms with van der Waals surface area (Å²) >= 11 is 6.03. The molecule has 1 aromatic heterocycles. The van der Waals surface area contributed by atoms with E-state index in [4.69, 9.17) is 16.3 Å². The van der Waals surface area contributed by atoms with E-state index in [2.05, 4.69) is 16.0 Å². The molecule has 36 heavy (non-hydrogen) atoms. The molecule has 0 aliphatic carbocycles. The van der Waals surface area contributed by atoms with Crippen molar-refractivity contribution < 1.29 is 14.3 Å². The highest BCUT2D eigenvalue weighted by Gasteiger charge is 2.26. The molecule has 192 valence electrons. The van der Waals surface area contributed by atoms with Gasteiger partial charge >= 0.3 is 0 Å². The molecule has 0 aliphatic heterocycles. The minimum absolute atomic E-state index is 0.0820. The van der Waals surface area contributed by atoms with Crippen LogP contribution in [0.3, 0.4) is 0 Å². The number of hydrogen-bond donors (Lipinski definition) is 3. The molecule has 3 N–H and O–H groups in total. The molecular formula is C26H32ClN5O4. The molecule has 0 unspecified atom stereocenters. The van der Waals surface area contributed by atoms with Gasteiger partial charge < -0.3 is 20.7 Å². The van der Waals surface area contributed by atoms with E-state index in [1.165, 1.54) is 17.9 Å². The van der Waals surface area contributed by atoms with Crippen molar-refractivity contribution in [1.82, 2.24) is 20.0 Å². The van der Waals surface area contributed by atoms with E-state index < -0.39 is 5.41 Å². The molecule has 0 saturated heterocycles. The summed E-state index contributed by atoms with van der Waals surface area (Å²) in [6.07, 6.45) is 0.0820. The topological polar surface area (TPSA) is 106 Å². The minimum Gasteiger partial charge on any atom is -0.496 e. The smallest absolute Gasteiger partial charge is 0.295 e. The molecule has 1 heterocycles. The monoisotopic (exact) mass is 513 g/mol. The predicted octanol–water partition coefficient (Wildman–Crippen LogP) is 3.34. The van der Waals surface area contributed by atoms with Crippen molar-refractivity contribution in [3.05, 3.63) is 75.2 Å². The third kappa shape index (κ3) is 6.16. The van der Waals surface area contributed by atoms with Gasteiger partial charge in [-0.15, -0.1) is 0 Å². The molecule has 2 amide bonds. The van der Waals surface area contributed by atoms with Crippen LogP contribution in [0.1, 0.15) is 36.3 Å². The third-order valence-corrected chi connectivity index (χ3v) is 6.00. The van der Waals surface area contributed by atoms with Crippen LogP contribution in [-0.2, 0) is 18.4 Å². The van der Waals surface area contributed by atoms with Gasteiger partial charge in [-0.2, -0.15) is 0 Å². The number of benzene rings is 2. The first-order chi connectivity index (χ1) is 17.1. The lowest BCUT2D eigenvalue weighted by molar-refractivity contribution is -0.118. The number of rotatable bonds is 10. The molecular weight excluding hydrogens is 482 g/mol. The molecule has 10 heteroatoms. The van der Waals surface area contributed by atoms with E-state index in [0.29, 0.717) is 34.3 Å². The van der Waals surface area contributed by atoms with E-state index in [1.54, 1.807) is 30.9 Å². The first-order valence-corrected chi connectivity index (χ1v) is 11.9. The van der Waals surface area contributed by atoms with Gasteiger partial charge in [0.05, 0.1) is 24.1 Å². The van der Waals surface area contributed by atoms with Crippen molar-refractivity contribution in [3.8, 4) is 11.4 Å². The number of methoxy groups -OCH3 is 1. The van der Waals surface area contributed by atoms with Crippen LogP contribution in [0.4, 0.5) is 5.69 Å². The molecule has 0 atom stereocenters. The lowest BCUT2D eigenvalue weighted by Gasteiger charge is -2.24. The lowest BCUT2D eigenvalue weighted by atomic mass is 9.88. The van der Waals surface area contributed by atoms with Crippen LogP contribution in [0.2, 0.25) is 5.02 Å². The molecule has 3 aromatic rings. The van der Waals surface area contributed by atoms with E-state index in [1.807, 2.05) is 44.2 Å². The zero-order valence-electron chi connectivity index (χ0n) is 21.1. The summed E-state index contributed by atoms with van der Waals surface area (Å²) in [7, 11) is 5.03. The number of carbonyl (C=O) groups excluding carboxylic acids is 2. The van der Waals surface area contributed by atoms with E-state index >= 15 is 0 Å². The Bertz CT molecular complexity index is 1300. The van der Waals surface area contributed by atoms with E-state index in [9.17, 15) is 14.4 Å². The van der Waals surface area contributed by atoms with Crippen LogP contribution in [0.5, 0.6) is 5.75 Å². The summed E-state index contributed by atoms with van der Waals surface area (Å²) in [5, 5.41) is 9.13. The van der Waals surface area contributed by atoms with Gasteiger partial charge in [-0.25, -0.2) is 4.68 Å². The molecule has 0 saturated carbocycles. The largest absolute Gasteiger partial charge is 0.496 e. The molecule has 2 aromatic carbocycles. The van der Waals surface area contributed by atoms with Crippen molar-refractivity contribution in [3.63, 3.8) is 0 Å². The molecule has 3 rings (SSSR count). The average Bonchev–Trinajstić information content (AvgIpc) is 3.06. The maximum absolute atomic E-state index is 13.3. The zero-order valence-corrected chi connectivity index (χ0v) is 21.9. The average molecular weight is 514 g/mol. The highest BCUT2D eigenvalue weighted by Crippen LogP contribution is 2.25. The number of nitrogens with one attached hydrogen (secondary N) is 3. The number of aromatic nitrogens is 2. The normalized spacial score (nSPS) is 11.3. The number of amides is 2. The first-order valence-electron chi connectivity index (χ1n) is 11.5. The number of halogens is 1. The van der Waals surface area contributed by atoms with E-state index in [-0.39, 0.29) is 36.0 Å².